The summed E-state index contributed by atoms with van der Waals surface area (Å²) in [6.45, 7) is 4.37. The van der Waals surface area contributed by atoms with Crippen molar-refractivity contribution in [3.63, 3.8) is 0 Å². The SMILES string of the molecule is CCCCc1p[pH]nc1C. The maximum Gasteiger partial charge on any atom is 0.0495 e. The van der Waals surface area contributed by atoms with Crippen LogP contribution in [0.5, 0.6) is 0 Å². The van der Waals surface area contributed by atoms with Crippen LogP contribution in [0.4, 0.5) is 0 Å². The lowest BCUT2D eigenvalue weighted by atomic mass is 10.2. The third-order valence-corrected chi connectivity index (χ3v) is 4.35. The van der Waals surface area contributed by atoms with Crippen LogP contribution in [0.3, 0.4) is 0 Å². The van der Waals surface area contributed by atoms with Gasteiger partial charge in [0.1, 0.15) is 0 Å². The van der Waals surface area contributed by atoms with Crippen molar-refractivity contribution in [1.82, 2.24) is 4.75 Å². The second-order valence-electron chi connectivity index (χ2n) is 2.46. The van der Waals surface area contributed by atoms with Gasteiger partial charge in [-0.15, -0.1) is 0 Å². The Morgan fingerprint density at radius 1 is 1.60 bits per heavy atom. The molecule has 1 nitrogen and oxygen atoms in total. The van der Waals surface area contributed by atoms with Crippen LogP contribution in [0.1, 0.15) is 30.8 Å². The van der Waals surface area contributed by atoms with Crippen LogP contribution in [0.2, 0.25) is 0 Å². The minimum atomic E-state index is 0.804. The normalized spacial score (nSPS) is 11.8. The fraction of sp³-hybridized carbons (Fsp3) is 0.714. The first kappa shape index (κ1) is 8.24. The van der Waals surface area contributed by atoms with Crippen molar-refractivity contribution < 1.29 is 0 Å². The maximum atomic E-state index is 4.37. The molecule has 1 heterocycles. The van der Waals surface area contributed by atoms with E-state index in [2.05, 4.69) is 18.6 Å². The molecule has 56 valence electrons. The molecule has 0 aliphatic carbocycles. The molecule has 0 bridgehead atoms. The molecular formula is C7H13NP2. The van der Waals surface area contributed by atoms with Crippen LogP contribution in [0.15, 0.2) is 0 Å². The van der Waals surface area contributed by atoms with E-state index in [-0.39, 0.29) is 0 Å². The van der Waals surface area contributed by atoms with Gasteiger partial charge in [0.25, 0.3) is 0 Å². The van der Waals surface area contributed by atoms with Crippen molar-refractivity contribution in [3.05, 3.63) is 11.0 Å². The zero-order valence-corrected chi connectivity index (χ0v) is 8.41. The predicted molar refractivity (Wildman–Crippen MR) is 49.6 cm³/mol. The summed E-state index contributed by atoms with van der Waals surface area (Å²) < 4.78 is 4.37. The van der Waals surface area contributed by atoms with Gasteiger partial charge in [-0.2, -0.15) is 0 Å². The lowest BCUT2D eigenvalue weighted by molar-refractivity contribution is 0.799. The van der Waals surface area contributed by atoms with E-state index in [0.29, 0.717) is 0 Å². The molecule has 0 spiro atoms. The Hall–Kier alpha value is 0.140. The molecule has 1 rings (SSSR count). The van der Waals surface area contributed by atoms with Gasteiger partial charge in [-0.1, -0.05) is 13.3 Å². The summed E-state index contributed by atoms with van der Waals surface area (Å²) >= 11 is 0. The lowest BCUT2D eigenvalue weighted by Gasteiger charge is -1.93. The molecule has 1 aromatic heterocycles. The Kier molecular flexibility index (Phi) is 3.39. The highest BCUT2D eigenvalue weighted by Crippen LogP contribution is 2.28. The van der Waals surface area contributed by atoms with Crippen molar-refractivity contribution in [1.29, 1.82) is 0 Å². The van der Waals surface area contributed by atoms with E-state index in [1.54, 1.807) is 5.30 Å². The highest BCUT2D eigenvalue weighted by molar-refractivity contribution is 7.89. The highest BCUT2D eigenvalue weighted by Gasteiger charge is 1.98. The minimum Gasteiger partial charge on any atom is -0.241 e. The Bertz CT molecular complexity index is 195. The third-order valence-electron chi connectivity index (χ3n) is 1.59. The van der Waals surface area contributed by atoms with Crippen LogP contribution >= 0.6 is 15.9 Å². The molecule has 10 heavy (non-hydrogen) atoms. The topological polar surface area (TPSA) is 12.9 Å². The standard InChI is InChI=1S/C7H13NP2/c1-3-4-5-7-6(2)8-10-9-7/h10H,3-5H2,1-2H3. The van der Waals surface area contributed by atoms with Crippen molar-refractivity contribution in [2.75, 3.05) is 0 Å². The molecule has 0 amide bonds. The quantitative estimate of drug-likeness (QED) is 0.683. The monoisotopic (exact) mass is 173 g/mol. The molecule has 0 aromatic carbocycles. The van der Waals surface area contributed by atoms with Crippen LogP contribution in [-0.4, -0.2) is 4.75 Å². The van der Waals surface area contributed by atoms with E-state index in [1.807, 2.05) is 0 Å². The first-order valence-electron chi connectivity index (χ1n) is 3.71. The summed E-state index contributed by atoms with van der Waals surface area (Å²) in [4.78, 5) is 0. The van der Waals surface area contributed by atoms with E-state index < -0.39 is 0 Å². The molecule has 0 N–H and O–H groups in total. The summed E-state index contributed by atoms with van der Waals surface area (Å²) in [6.07, 6.45) is 3.91. The summed E-state index contributed by atoms with van der Waals surface area (Å²) in [5.41, 5.74) is 1.31. The lowest BCUT2D eigenvalue weighted by Crippen LogP contribution is -1.82. The van der Waals surface area contributed by atoms with Gasteiger partial charge in [-0.3, -0.25) is 0 Å². The summed E-state index contributed by atoms with van der Waals surface area (Å²) in [7, 11) is 2.28. The second kappa shape index (κ2) is 4.11. The predicted octanol–water partition coefficient (Wildman–Crippen LogP) is 3.34. The maximum absolute atomic E-state index is 4.37. The van der Waals surface area contributed by atoms with Crippen LogP contribution < -0.4 is 0 Å². The first-order chi connectivity index (χ1) is 4.84. The molecule has 0 fully saturated rings. The fourth-order valence-corrected chi connectivity index (χ4v) is 3.70. The Labute approximate surface area is 65.4 Å². The molecule has 0 radical (unpaired) electrons. The van der Waals surface area contributed by atoms with Gasteiger partial charge in [0.2, 0.25) is 0 Å². The molecule has 1 aromatic rings. The summed E-state index contributed by atoms with van der Waals surface area (Å²) in [6, 6.07) is 0. The number of hydrogen-bond donors (Lipinski definition) is 0. The van der Waals surface area contributed by atoms with Crippen LogP contribution in [-0.2, 0) is 6.42 Å². The second-order valence-corrected chi connectivity index (χ2v) is 4.92. The fourth-order valence-electron chi connectivity index (χ4n) is 0.887. The van der Waals surface area contributed by atoms with E-state index in [9.17, 15) is 0 Å². The minimum absolute atomic E-state index is 0.804. The Morgan fingerprint density at radius 2 is 2.40 bits per heavy atom. The molecule has 1 atom stereocenters. The molecule has 0 aliphatic heterocycles. The van der Waals surface area contributed by atoms with Crippen molar-refractivity contribution in [2.45, 2.75) is 33.1 Å². The molecule has 1 unspecified atom stereocenters. The van der Waals surface area contributed by atoms with Gasteiger partial charge in [0.05, 0.1) is 0 Å². The molecule has 0 aliphatic rings. The summed E-state index contributed by atoms with van der Waals surface area (Å²) in [5, 5.41) is 1.58. The molecule has 3 heteroatoms. The number of nitrogens with zero attached hydrogens (tertiary/aromatic N) is 1. The van der Waals surface area contributed by atoms with Gasteiger partial charge in [-0.05, 0) is 35.7 Å². The zero-order chi connectivity index (χ0) is 7.40. The van der Waals surface area contributed by atoms with Crippen LogP contribution in [0, 0.1) is 6.92 Å². The number of aryl methyl sites for hydroxylation is 2. The van der Waals surface area contributed by atoms with Crippen LogP contribution in [0.25, 0.3) is 0 Å². The third kappa shape index (κ3) is 2.08. The summed E-state index contributed by atoms with van der Waals surface area (Å²) in [5.74, 6) is 0. The number of aromatic nitrogens is 1. The van der Waals surface area contributed by atoms with E-state index in [1.165, 1.54) is 32.8 Å². The zero-order valence-electron chi connectivity index (χ0n) is 6.52. The molecule has 0 saturated carbocycles. The van der Waals surface area contributed by atoms with E-state index >= 15 is 0 Å². The average Bonchev–Trinajstić information content (AvgIpc) is 2.31. The van der Waals surface area contributed by atoms with Gasteiger partial charge in [0, 0.05) is 11.0 Å². The van der Waals surface area contributed by atoms with Crippen molar-refractivity contribution >= 4 is 15.9 Å². The Balaban J connectivity index is 2.49. The smallest absolute Gasteiger partial charge is 0.0495 e. The number of unbranched alkanes of at least 4 members (excludes halogenated alkanes) is 1. The van der Waals surface area contributed by atoms with Gasteiger partial charge in [0.15, 0.2) is 0 Å². The molecular weight excluding hydrogens is 160 g/mol. The Morgan fingerprint density at radius 3 is 2.90 bits per heavy atom. The van der Waals surface area contributed by atoms with Crippen molar-refractivity contribution in [2.24, 2.45) is 0 Å². The highest BCUT2D eigenvalue weighted by atomic mass is 31.8. The van der Waals surface area contributed by atoms with E-state index in [4.69, 9.17) is 0 Å². The number of hydrogen-bond acceptors (Lipinski definition) is 1. The van der Waals surface area contributed by atoms with Crippen molar-refractivity contribution in [3.8, 4) is 0 Å². The number of rotatable bonds is 3. The largest absolute Gasteiger partial charge is 0.241 e. The first-order valence-corrected chi connectivity index (χ1v) is 6.39. The average molecular weight is 173 g/mol. The molecule has 0 saturated heterocycles. The van der Waals surface area contributed by atoms with E-state index in [0.717, 1.165) is 8.03 Å². The van der Waals surface area contributed by atoms with Gasteiger partial charge >= 0.3 is 0 Å². The van der Waals surface area contributed by atoms with Gasteiger partial charge < -0.3 is 0 Å². The van der Waals surface area contributed by atoms with Gasteiger partial charge in [-0.25, -0.2) is 4.75 Å².